The molecular formula is C16H15O2-. The SMILES string of the molecule is CC(C)(c1ccccc1)c1cccc(C(=O)[O-])c1. The molecule has 0 spiro atoms. The molecule has 0 saturated carbocycles. The summed E-state index contributed by atoms with van der Waals surface area (Å²) in [6, 6.07) is 17.0. The topological polar surface area (TPSA) is 40.1 Å². The van der Waals surface area contributed by atoms with Crippen LogP contribution in [0.3, 0.4) is 0 Å². The van der Waals surface area contributed by atoms with Gasteiger partial charge in [-0.05, 0) is 22.8 Å². The summed E-state index contributed by atoms with van der Waals surface area (Å²) in [5, 5.41) is 10.9. The maximum atomic E-state index is 10.9. The highest BCUT2D eigenvalue weighted by molar-refractivity contribution is 5.86. The highest BCUT2D eigenvalue weighted by atomic mass is 16.4. The Labute approximate surface area is 107 Å². The van der Waals surface area contributed by atoms with E-state index >= 15 is 0 Å². The van der Waals surface area contributed by atoms with E-state index in [0.717, 1.165) is 11.1 Å². The molecule has 2 aromatic rings. The summed E-state index contributed by atoms with van der Waals surface area (Å²) in [5.74, 6) is -1.14. The van der Waals surface area contributed by atoms with Gasteiger partial charge in [0.1, 0.15) is 0 Å². The molecule has 0 saturated heterocycles. The van der Waals surface area contributed by atoms with Crippen molar-refractivity contribution in [1.29, 1.82) is 0 Å². The number of carbonyl (C=O) groups is 1. The zero-order valence-electron chi connectivity index (χ0n) is 10.5. The summed E-state index contributed by atoms with van der Waals surface area (Å²) in [5.41, 5.74) is 2.11. The third kappa shape index (κ3) is 2.28. The molecule has 2 nitrogen and oxygen atoms in total. The molecule has 92 valence electrons. The second kappa shape index (κ2) is 4.65. The van der Waals surface area contributed by atoms with Gasteiger partial charge in [-0.3, -0.25) is 0 Å². The van der Waals surface area contributed by atoms with E-state index in [2.05, 4.69) is 13.8 Å². The van der Waals surface area contributed by atoms with E-state index in [1.54, 1.807) is 18.2 Å². The van der Waals surface area contributed by atoms with E-state index < -0.39 is 5.97 Å². The Morgan fingerprint density at radius 1 is 0.944 bits per heavy atom. The van der Waals surface area contributed by atoms with E-state index in [4.69, 9.17) is 0 Å². The molecule has 0 bridgehead atoms. The molecule has 0 fully saturated rings. The van der Waals surface area contributed by atoms with Gasteiger partial charge >= 0.3 is 0 Å². The molecule has 0 N–H and O–H groups in total. The Morgan fingerprint density at radius 3 is 2.17 bits per heavy atom. The smallest absolute Gasteiger partial charge is 0.0715 e. The van der Waals surface area contributed by atoms with E-state index in [9.17, 15) is 9.90 Å². The van der Waals surface area contributed by atoms with Crippen molar-refractivity contribution in [2.45, 2.75) is 19.3 Å². The van der Waals surface area contributed by atoms with Crippen molar-refractivity contribution < 1.29 is 9.90 Å². The van der Waals surface area contributed by atoms with Crippen molar-refractivity contribution in [3.8, 4) is 0 Å². The van der Waals surface area contributed by atoms with Crippen LogP contribution in [0.5, 0.6) is 0 Å². The van der Waals surface area contributed by atoms with Gasteiger partial charge in [0.05, 0.1) is 5.97 Å². The number of hydrogen-bond acceptors (Lipinski definition) is 2. The third-order valence-corrected chi connectivity index (χ3v) is 3.32. The zero-order valence-corrected chi connectivity index (χ0v) is 10.5. The predicted molar refractivity (Wildman–Crippen MR) is 69.3 cm³/mol. The summed E-state index contributed by atoms with van der Waals surface area (Å²) in [7, 11) is 0. The molecule has 0 amide bonds. The Balaban J connectivity index is 2.47. The van der Waals surface area contributed by atoms with Crippen LogP contribution in [0.25, 0.3) is 0 Å². The molecule has 0 aliphatic rings. The number of carbonyl (C=O) groups excluding carboxylic acids is 1. The van der Waals surface area contributed by atoms with E-state index in [1.165, 1.54) is 0 Å². The fourth-order valence-corrected chi connectivity index (χ4v) is 2.06. The van der Waals surface area contributed by atoms with Gasteiger partial charge in [-0.25, -0.2) is 0 Å². The molecule has 0 radical (unpaired) electrons. The van der Waals surface area contributed by atoms with Crippen molar-refractivity contribution >= 4 is 5.97 Å². The number of aromatic carboxylic acids is 1. The van der Waals surface area contributed by atoms with Crippen LogP contribution < -0.4 is 5.11 Å². The summed E-state index contributed by atoms with van der Waals surface area (Å²) < 4.78 is 0. The molecule has 0 unspecified atom stereocenters. The van der Waals surface area contributed by atoms with Crippen molar-refractivity contribution in [3.05, 3.63) is 71.3 Å². The Kier molecular flexibility index (Phi) is 3.19. The fraction of sp³-hybridized carbons (Fsp3) is 0.188. The van der Waals surface area contributed by atoms with Gasteiger partial charge in [-0.2, -0.15) is 0 Å². The van der Waals surface area contributed by atoms with Crippen LogP contribution in [-0.2, 0) is 5.41 Å². The van der Waals surface area contributed by atoms with Gasteiger partial charge in [-0.15, -0.1) is 0 Å². The highest BCUT2D eigenvalue weighted by Gasteiger charge is 2.22. The van der Waals surface area contributed by atoms with Crippen molar-refractivity contribution in [3.63, 3.8) is 0 Å². The lowest BCUT2D eigenvalue weighted by Crippen LogP contribution is -2.24. The van der Waals surface area contributed by atoms with Gasteiger partial charge in [0, 0.05) is 5.41 Å². The van der Waals surface area contributed by atoms with Crippen LogP contribution in [-0.4, -0.2) is 5.97 Å². The van der Waals surface area contributed by atoms with Crippen molar-refractivity contribution in [2.75, 3.05) is 0 Å². The molecule has 0 aromatic heterocycles. The van der Waals surface area contributed by atoms with Gasteiger partial charge in [0.2, 0.25) is 0 Å². The molecule has 2 heteroatoms. The number of benzene rings is 2. The largest absolute Gasteiger partial charge is 0.545 e. The second-order valence-corrected chi connectivity index (χ2v) is 4.86. The first-order chi connectivity index (χ1) is 8.51. The van der Waals surface area contributed by atoms with Crippen LogP contribution in [0.2, 0.25) is 0 Å². The maximum absolute atomic E-state index is 10.9. The Hall–Kier alpha value is -2.09. The Bertz CT molecular complexity index is 556. The second-order valence-electron chi connectivity index (χ2n) is 4.86. The molecule has 0 aliphatic carbocycles. The third-order valence-electron chi connectivity index (χ3n) is 3.32. The zero-order chi connectivity index (χ0) is 13.2. The molecule has 0 aliphatic heterocycles. The van der Waals surface area contributed by atoms with E-state index in [1.807, 2.05) is 36.4 Å². The summed E-state index contributed by atoms with van der Waals surface area (Å²) >= 11 is 0. The van der Waals surface area contributed by atoms with Crippen LogP contribution in [0.15, 0.2) is 54.6 Å². The van der Waals surface area contributed by atoms with Crippen LogP contribution >= 0.6 is 0 Å². The highest BCUT2D eigenvalue weighted by Crippen LogP contribution is 2.31. The first-order valence-corrected chi connectivity index (χ1v) is 5.89. The number of rotatable bonds is 3. The number of carboxylic acids is 1. The minimum atomic E-state index is -1.14. The quantitative estimate of drug-likeness (QED) is 0.825. The average molecular weight is 239 g/mol. The summed E-state index contributed by atoms with van der Waals surface area (Å²) in [6.45, 7) is 4.16. The van der Waals surface area contributed by atoms with Crippen LogP contribution in [0.1, 0.15) is 35.3 Å². The van der Waals surface area contributed by atoms with E-state index in [-0.39, 0.29) is 11.0 Å². The van der Waals surface area contributed by atoms with E-state index in [0.29, 0.717) is 0 Å². The van der Waals surface area contributed by atoms with Crippen molar-refractivity contribution in [1.82, 2.24) is 0 Å². The molecule has 0 atom stereocenters. The molecule has 2 rings (SSSR count). The standard InChI is InChI=1S/C16H16O2/c1-16(2,13-8-4-3-5-9-13)14-10-6-7-12(11-14)15(17)18/h3-11H,1-2H3,(H,17,18)/p-1. The molecule has 0 heterocycles. The molecule has 2 aromatic carbocycles. The molecule has 18 heavy (non-hydrogen) atoms. The van der Waals surface area contributed by atoms with Gasteiger partial charge in [0.15, 0.2) is 0 Å². The lowest BCUT2D eigenvalue weighted by molar-refractivity contribution is -0.255. The van der Waals surface area contributed by atoms with Crippen molar-refractivity contribution in [2.24, 2.45) is 0 Å². The lowest BCUT2D eigenvalue weighted by Gasteiger charge is -2.26. The summed E-state index contributed by atoms with van der Waals surface area (Å²) in [4.78, 5) is 10.9. The maximum Gasteiger partial charge on any atom is 0.0715 e. The Morgan fingerprint density at radius 2 is 1.56 bits per heavy atom. The average Bonchev–Trinajstić information content (AvgIpc) is 2.40. The first kappa shape index (κ1) is 12.4. The minimum absolute atomic E-state index is 0.219. The first-order valence-electron chi connectivity index (χ1n) is 5.89. The molecular weight excluding hydrogens is 224 g/mol. The van der Waals surface area contributed by atoms with Gasteiger partial charge < -0.3 is 9.90 Å². The monoisotopic (exact) mass is 239 g/mol. The summed E-state index contributed by atoms with van der Waals surface area (Å²) in [6.07, 6.45) is 0. The number of hydrogen-bond donors (Lipinski definition) is 0. The minimum Gasteiger partial charge on any atom is -0.545 e. The number of carboxylic acid groups (broad SMARTS) is 1. The normalized spacial score (nSPS) is 11.2. The van der Waals surface area contributed by atoms with Gasteiger partial charge in [-0.1, -0.05) is 62.4 Å². The lowest BCUT2D eigenvalue weighted by atomic mass is 9.78. The van der Waals surface area contributed by atoms with Crippen LogP contribution in [0, 0.1) is 0 Å². The fourth-order valence-electron chi connectivity index (χ4n) is 2.06. The van der Waals surface area contributed by atoms with Crippen LogP contribution in [0.4, 0.5) is 0 Å². The van der Waals surface area contributed by atoms with Gasteiger partial charge in [0.25, 0.3) is 0 Å². The predicted octanol–water partition coefficient (Wildman–Crippen LogP) is 2.38.